The predicted octanol–water partition coefficient (Wildman–Crippen LogP) is 2.93. The third-order valence-electron chi connectivity index (χ3n) is 7.82. The van der Waals surface area contributed by atoms with Crippen LogP contribution >= 0.6 is 0 Å². The van der Waals surface area contributed by atoms with Gasteiger partial charge >= 0.3 is 6.18 Å². The molecule has 5 rings (SSSR count). The summed E-state index contributed by atoms with van der Waals surface area (Å²) in [6.45, 7) is 2.12. The molecule has 4 aliphatic rings. The van der Waals surface area contributed by atoms with E-state index < -0.39 is 40.7 Å². The molecule has 6 atom stereocenters. The average Bonchev–Trinajstić information content (AvgIpc) is 3.30. The molecule has 2 amide bonds. The molecule has 10 heteroatoms. The second-order valence-electron chi connectivity index (χ2n) is 9.83. The van der Waals surface area contributed by atoms with Crippen LogP contribution in [0.3, 0.4) is 0 Å². The summed E-state index contributed by atoms with van der Waals surface area (Å²) in [6.07, 6.45) is -4.19. The molecule has 0 unspecified atom stereocenters. The predicted molar refractivity (Wildman–Crippen MR) is 109 cm³/mol. The third-order valence-corrected chi connectivity index (χ3v) is 7.82. The van der Waals surface area contributed by atoms with Gasteiger partial charge in [0.2, 0.25) is 11.8 Å². The summed E-state index contributed by atoms with van der Waals surface area (Å²) in [4.78, 5) is 28.9. The fraction of sp³-hybridized carbons (Fsp3) is 0.609. The van der Waals surface area contributed by atoms with Gasteiger partial charge in [0.05, 0.1) is 40.9 Å². The highest BCUT2D eigenvalue weighted by molar-refractivity contribution is 6.00. The normalized spacial score (nSPS) is 36.6. The maximum atomic E-state index is 13.6. The topological polar surface area (TPSA) is 82.9 Å². The summed E-state index contributed by atoms with van der Waals surface area (Å²) in [5, 5.41) is 9.11. The maximum Gasteiger partial charge on any atom is 0.417 e. The van der Waals surface area contributed by atoms with Crippen molar-refractivity contribution in [3.05, 3.63) is 29.3 Å². The molecule has 4 saturated heterocycles. The molecule has 33 heavy (non-hydrogen) atoms. The van der Waals surface area contributed by atoms with Crippen molar-refractivity contribution >= 4 is 17.5 Å². The molecular formula is C23H24F3N3O4. The highest BCUT2D eigenvalue weighted by Crippen LogP contribution is 2.68. The van der Waals surface area contributed by atoms with E-state index in [0.29, 0.717) is 12.8 Å². The highest BCUT2D eigenvalue weighted by Gasteiger charge is 2.78. The maximum absolute atomic E-state index is 13.6. The lowest BCUT2D eigenvalue weighted by molar-refractivity contribution is -0.155. The minimum Gasteiger partial charge on any atom is -0.367 e. The van der Waals surface area contributed by atoms with Crippen LogP contribution in [0.4, 0.5) is 18.9 Å². The first-order valence-corrected chi connectivity index (χ1v) is 10.9. The van der Waals surface area contributed by atoms with Gasteiger partial charge in [-0.05, 0) is 37.5 Å². The lowest BCUT2D eigenvalue weighted by Crippen LogP contribution is -2.55. The first-order chi connectivity index (χ1) is 15.4. The molecule has 0 radical (unpaired) electrons. The van der Waals surface area contributed by atoms with Gasteiger partial charge in [0.1, 0.15) is 6.23 Å². The van der Waals surface area contributed by atoms with Gasteiger partial charge in [-0.1, -0.05) is 0 Å². The molecule has 2 bridgehead atoms. The van der Waals surface area contributed by atoms with Crippen LogP contribution in [0.5, 0.6) is 0 Å². The molecule has 0 N–H and O–H groups in total. The van der Waals surface area contributed by atoms with Crippen LogP contribution < -0.4 is 4.90 Å². The summed E-state index contributed by atoms with van der Waals surface area (Å²) < 4.78 is 53.2. The van der Waals surface area contributed by atoms with E-state index in [9.17, 15) is 22.8 Å². The zero-order valence-corrected chi connectivity index (χ0v) is 18.5. The fourth-order valence-electron chi connectivity index (χ4n) is 6.54. The Kier molecular flexibility index (Phi) is 4.66. The Balaban J connectivity index is 1.56. The van der Waals surface area contributed by atoms with Crippen molar-refractivity contribution in [3.63, 3.8) is 0 Å². The van der Waals surface area contributed by atoms with Crippen LogP contribution in [0.2, 0.25) is 0 Å². The zero-order chi connectivity index (χ0) is 23.9. The Morgan fingerprint density at radius 2 is 2.09 bits per heavy atom. The number of halogens is 3. The smallest absolute Gasteiger partial charge is 0.367 e. The van der Waals surface area contributed by atoms with Gasteiger partial charge < -0.3 is 14.4 Å². The average molecular weight is 463 g/mol. The van der Waals surface area contributed by atoms with Crippen molar-refractivity contribution in [2.45, 2.75) is 49.8 Å². The van der Waals surface area contributed by atoms with Crippen LogP contribution in [0.15, 0.2) is 18.2 Å². The molecule has 4 aliphatic heterocycles. The number of amides is 2. The largest absolute Gasteiger partial charge is 0.417 e. The van der Waals surface area contributed by atoms with E-state index in [4.69, 9.17) is 14.7 Å². The van der Waals surface area contributed by atoms with E-state index in [1.165, 1.54) is 15.9 Å². The van der Waals surface area contributed by atoms with E-state index in [1.807, 2.05) is 6.92 Å². The summed E-state index contributed by atoms with van der Waals surface area (Å²) >= 11 is 0. The van der Waals surface area contributed by atoms with Gasteiger partial charge in [-0.2, -0.15) is 18.4 Å². The van der Waals surface area contributed by atoms with E-state index in [2.05, 4.69) is 0 Å². The number of nitrogens with zero attached hydrogens (tertiary/aromatic N) is 3. The standard InChI is InChI=1S/C23H24F3N3O4/c1-21-10-13(8-16(30)28(2)3)22(33-21)6-7-32-20-18(22)17(21)19(31)29(20)14-5-4-12(11-27)15(9-14)23(24,25)26/h4-5,9,13,17-18,20H,6-8,10H2,1-3H3/t13-,17+,18-,20-,21+,22-/m0/s1. The number of fused-ring (bicyclic) bond motifs is 2. The highest BCUT2D eigenvalue weighted by atomic mass is 19.4. The van der Waals surface area contributed by atoms with Crippen LogP contribution in [-0.2, 0) is 25.2 Å². The summed E-state index contributed by atoms with van der Waals surface area (Å²) in [6, 6.07) is 4.86. The lowest BCUT2D eigenvalue weighted by Gasteiger charge is -2.45. The van der Waals surface area contributed by atoms with E-state index in [-0.39, 0.29) is 42.4 Å². The summed E-state index contributed by atoms with van der Waals surface area (Å²) in [5.41, 5.74) is -3.10. The zero-order valence-electron chi connectivity index (χ0n) is 18.5. The van der Waals surface area contributed by atoms with Gasteiger partial charge in [0, 0.05) is 38.5 Å². The van der Waals surface area contributed by atoms with Gasteiger partial charge in [-0.3, -0.25) is 14.5 Å². The number of alkyl halides is 3. The summed E-state index contributed by atoms with van der Waals surface area (Å²) in [7, 11) is 3.38. The lowest BCUT2D eigenvalue weighted by atomic mass is 9.60. The Hall–Kier alpha value is -2.64. The number of carbonyl (C=O) groups is 2. The van der Waals surface area contributed by atoms with Gasteiger partial charge in [-0.15, -0.1) is 0 Å². The van der Waals surface area contributed by atoms with Crippen LogP contribution in [-0.4, -0.2) is 54.8 Å². The van der Waals surface area contributed by atoms with Crippen molar-refractivity contribution in [3.8, 4) is 6.07 Å². The quantitative estimate of drug-likeness (QED) is 0.689. The SMILES string of the molecule is CN(C)C(=O)C[C@H]1C[C@@]2(C)O[C@@]13CCO[C@H]1[C@@H]3[C@@H]2C(=O)N1c1ccc(C#N)c(C(F)(F)F)c1. The number of benzene rings is 1. The number of hydrogen-bond donors (Lipinski definition) is 0. The van der Waals surface area contributed by atoms with Crippen LogP contribution in [0.25, 0.3) is 0 Å². The Labute approximate surface area is 189 Å². The van der Waals surface area contributed by atoms with E-state index in [1.54, 1.807) is 20.2 Å². The first-order valence-electron chi connectivity index (χ1n) is 10.9. The van der Waals surface area contributed by atoms with Crippen molar-refractivity contribution in [2.24, 2.45) is 17.8 Å². The molecule has 176 valence electrons. The Morgan fingerprint density at radius 3 is 2.73 bits per heavy atom. The van der Waals surface area contributed by atoms with Crippen molar-refractivity contribution in [1.82, 2.24) is 4.90 Å². The second-order valence-corrected chi connectivity index (χ2v) is 9.83. The monoisotopic (exact) mass is 463 g/mol. The van der Waals surface area contributed by atoms with E-state index >= 15 is 0 Å². The Bertz CT molecular complexity index is 1080. The molecule has 4 fully saturated rings. The van der Waals surface area contributed by atoms with Crippen molar-refractivity contribution in [2.75, 3.05) is 25.6 Å². The molecule has 0 saturated carbocycles. The van der Waals surface area contributed by atoms with Gasteiger partial charge in [-0.25, -0.2) is 0 Å². The third kappa shape index (κ3) is 2.95. The number of carbonyl (C=O) groups excluding carboxylic acids is 2. The number of nitriles is 1. The molecule has 7 nitrogen and oxygen atoms in total. The van der Waals surface area contributed by atoms with Crippen LogP contribution in [0.1, 0.15) is 37.3 Å². The fourth-order valence-corrected chi connectivity index (χ4v) is 6.54. The molecule has 1 spiro atoms. The molecule has 0 aromatic heterocycles. The molecule has 1 aromatic carbocycles. The molecule has 4 heterocycles. The first kappa shape index (κ1) is 22.2. The summed E-state index contributed by atoms with van der Waals surface area (Å²) in [5.74, 6) is -1.44. The Morgan fingerprint density at radius 1 is 1.36 bits per heavy atom. The second kappa shape index (κ2) is 6.93. The molecule has 0 aliphatic carbocycles. The number of ether oxygens (including phenoxy) is 2. The number of anilines is 1. The number of rotatable bonds is 3. The van der Waals surface area contributed by atoms with Gasteiger partial charge in [0.25, 0.3) is 0 Å². The minimum atomic E-state index is -4.74. The molecular weight excluding hydrogens is 439 g/mol. The van der Waals surface area contributed by atoms with E-state index in [0.717, 1.165) is 12.1 Å². The van der Waals surface area contributed by atoms with Crippen LogP contribution in [0, 0.1) is 29.1 Å². The van der Waals surface area contributed by atoms with Crippen molar-refractivity contribution < 1.29 is 32.2 Å². The minimum absolute atomic E-state index is 0.0307. The van der Waals surface area contributed by atoms with Gasteiger partial charge in [0.15, 0.2) is 0 Å². The molecule has 1 aromatic rings. The number of hydrogen-bond acceptors (Lipinski definition) is 5. The van der Waals surface area contributed by atoms with Crippen molar-refractivity contribution in [1.29, 1.82) is 5.26 Å².